The summed E-state index contributed by atoms with van der Waals surface area (Å²) >= 11 is 1.61. The van der Waals surface area contributed by atoms with Gasteiger partial charge in [0.25, 0.3) is 5.91 Å². The first-order valence-electron chi connectivity index (χ1n) is 9.94. The van der Waals surface area contributed by atoms with Gasteiger partial charge in [0, 0.05) is 37.6 Å². The Kier molecular flexibility index (Phi) is 6.15. The van der Waals surface area contributed by atoms with Crippen molar-refractivity contribution in [3.05, 3.63) is 54.1 Å². The van der Waals surface area contributed by atoms with Gasteiger partial charge in [-0.15, -0.1) is 22.6 Å². The lowest BCUT2D eigenvalue weighted by atomic mass is 10.1. The lowest BCUT2D eigenvalue weighted by Gasteiger charge is -2.14. The summed E-state index contributed by atoms with van der Waals surface area (Å²) in [5.41, 5.74) is 2.37. The smallest absolute Gasteiger partial charge is 0.251 e. The number of carbonyl (C=O) groups is 1. The Bertz CT molecular complexity index is 1160. The van der Waals surface area contributed by atoms with E-state index in [9.17, 15) is 4.79 Å². The highest BCUT2D eigenvalue weighted by atomic mass is 35.5. The van der Waals surface area contributed by atoms with Crippen LogP contribution in [0.25, 0.3) is 11.0 Å². The summed E-state index contributed by atoms with van der Waals surface area (Å²) < 4.78 is 0. The Morgan fingerprint density at radius 1 is 1.10 bits per heavy atom. The monoisotopic (exact) mass is 455 g/mol. The van der Waals surface area contributed by atoms with E-state index in [-0.39, 0.29) is 18.3 Å². The summed E-state index contributed by atoms with van der Waals surface area (Å²) in [6.45, 7) is 0. The first kappa shape index (κ1) is 21.2. The summed E-state index contributed by atoms with van der Waals surface area (Å²) in [4.78, 5) is 24.4. The van der Waals surface area contributed by atoms with Crippen molar-refractivity contribution < 1.29 is 4.79 Å². The maximum absolute atomic E-state index is 11.8. The van der Waals surface area contributed by atoms with E-state index in [1.807, 2.05) is 29.3 Å². The number of nitrogens with one attached hydrogen (secondary N) is 1. The van der Waals surface area contributed by atoms with Gasteiger partial charge < -0.3 is 15.1 Å². The van der Waals surface area contributed by atoms with Crippen LogP contribution < -0.4 is 10.2 Å². The Labute approximate surface area is 190 Å². The van der Waals surface area contributed by atoms with Crippen molar-refractivity contribution in [3.8, 4) is 0 Å². The number of anilines is 3. The Balaban J connectivity index is 0.00000231. The van der Waals surface area contributed by atoms with E-state index in [4.69, 9.17) is 4.98 Å². The fourth-order valence-corrected chi connectivity index (χ4v) is 4.59. The molecule has 0 atom stereocenters. The molecule has 0 spiro atoms. The Morgan fingerprint density at radius 2 is 1.94 bits per heavy atom. The van der Waals surface area contributed by atoms with Crippen LogP contribution in [0.15, 0.2) is 49.1 Å². The molecule has 1 fully saturated rings. The highest BCUT2D eigenvalue weighted by Crippen LogP contribution is 2.37. The molecule has 1 aliphatic carbocycles. The molecule has 2 aliphatic rings. The van der Waals surface area contributed by atoms with Gasteiger partial charge in [0.05, 0.1) is 22.9 Å². The Hall–Kier alpha value is -3.04. The molecule has 3 aromatic rings. The zero-order chi connectivity index (χ0) is 20.5. The molecule has 0 aromatic carbocycles. The zero-order valence-electron chi connectivity index (χ0n) is 16.9. The maximum atomic E-state index is 11.8. The average Bonchev–Trinajstić information content (AvgIpc) is 3.42. The maximum Gasteiger partial charge on any atom is 0.251 e. The highest BCUT2D eigenvalue weighted by molar-refractivity contribution is 7.15. The van der Waals surface area contributed by atoms with E-state index in [2.05, 4.69) is 20.5 Å². The van der Waals surface area contributed by atoms with Gasteiger partial charge in [-0.25, -0.2) is 4.98 Å². The number of hydrogen-bond acceptors (Lipinski definition) is 8. The largest absolute Gasteiger partial charge is 0.321 e. The number of hydrogen-bond donors (Lipinski definition) is 1. The first-order valence-corrected chi connectivity index (χ1v) is 10.8. The SMILES string of the molecule is CN1C=CN(c2cnc3ccc(Nc4nnc(C5CCCC5)s4)nc3c2)C=CC1=O.Cl. The summed E-state index contributed by atoms with van der Waals surface area (Å²) in [6.07, 6.45) is 13.5. The summed E-state index contributed by atoms with van der Waals surface area (Å²) in [5, 5.41) is 13.8. The van der Waals surface area contributed by atoms with Crippen molar-refractivity contribution in [1.29, 1.82) is 0 Å². The highest BCUT2D eigenvalue weighted by Gasteiger charge is 2.21. The van der Waals surface area contributed by atoms with Crippen molar-refractivity contribution in [2.45, 2.75) is 31.6 Å². The number of halogens is 1. The quantitative estimate of drug-likeness (QED) is 0.616. The van der Waals surface area contributed by atoms with Gasteiger partial charge in [0.15, 0.2) is 0 Å². The molecule has 3 aromatic heterocycles. The molecule has 10 heteroatoms. The zero-order valence-corrected chi connectivity index (χ0v) is 18.6. The number of rotatable bonds is 4. The standard InChI is InChI=1S/C21H21N7OS.ClH/c1-27-10-11-28(9-8-19(27)29)15-12-17-16(22-13-15)6-7-18(23-17)24-21-26-25-20(30-21)14-4-2-3-5-14;/h6-14H,2-5H2,1H3,(H,23,24,26);1H. The predicted molar refractivity (Wildman–Crippen MR) is 125 cm³/mol. The van der Waals surface area contributed by atoms with Crippen LogP contribution in [-0.4, -0.2) is 38.0 Å². The van der Waals surface area contributed by atoms with Crippen molar-refractivity contribution in [2.75, 3.05) is 17.3 Å². The normalized spacial score (nSPS) is 16.6. The van der Waals surface area contributed by atoms with E-state index >= 15 is 0 Å². The minimum atomic E-state index is -0.0823. The Morgan fingerprint density at radius 3 is 2.77 bits per heavy atom. The minimum Gasteiger partial charge on any atom is -0.321 e. The number of aromatic nitrogens is 4. The van der Waals surface area contributed by atoms with Crippen LogP contribution in [0.5, 0.6) is 0 Å². The number of amides is 1. The summed E-state index contributed by atoms with van der Waals surface area (Å²) in [5.74, 6) is 1.17. The molecule has 160 valence electrons. The predicted octanol–water partition coefficient (Wildman–Crippen LogP) is 4.57. The lowest BCUT2D eigenvalue weighted by Crippen LogP contribution is -2.16. The molecular formula is C21H22ClN7OS. The molecule has 31 heavy (non-hydrogen) atoms. The first-order chi connectivity index (χ1) is 14.7. The van der Waals surface area contributed by atoms with Crippen molar-refractivity contribution >= 4 is 57.3 Å². The van der Waals surface area contributed by atoms with Gasteiger partial charge in [-0.3, -0.25) is 9.78 Å². The molecule has 5 rings (SSSR count). The molecule has 0 bridgehead atoms. The third-order valence-corrected chi connectivity index (χ3v) is 6.38. The molecule has 0 unspecified atom stereocenters. The fourth-order valence-electron chi connectivity index (χ4n) is 3.67. The van der Waals surface area contributed by atoms with E-state index in [1.165, 1.54) is 36.7 Å². The molecular weight excluding hydrogens is 434 g/mol. The second-order valence-corrected chi connectivity index (χ2v) is 8.46. The van der Waals surface area contributed by atoms with Gasteiger partial charge in [-0.1, -0.05) is 24.2 Å². The third-order valence-electron chi connectivity index (χ3n) is 5.38. The van der Waals surface area contributed by atoms with Crippen molar-refractivity contribution in [1.82, 2.24) is 25.1 Å². The molecule has 1 aliphatic heterocycles. The van der Waals surface area contributed by atoms with Crippen LogP contribution >= 0.6 is 23.7 Å². The van der Waals surface area contributed by atoms with Crippen LogP contribution in [0, 0.1) is 0 Å². The molecule has 4 heterocycles. The van der Waals surface area contributed by atoms with E-state index in [0.29, 0.717) is 11.7 Å². The number of likely N-dealkylation sites (N-methyl/N-ethyl adjacent to an activating group) is 1. The molecule has 1 N–H and O–H groups in total. The second kappa shape index (κ2) is 8.99. The molecule has 1 saturated carbocycles. The van der Waals surface area contributed by atoms with Gasteiger partial charge >= 0.3 is 0 Å². The number of carbonyl (C=O) groups excluding carboxylic acids is 1. The summed E-state index contributed by atoms with van der Waals surface area (Å²) in [6, 6.07) is 5.77. The van der Waals surface area contributed by atoms with Gasteiger partial charge in [0.1, 0.15) is 10.8 Å². The second-order valence-electron chi connectivity index (χ2n) is 7.45. The number of pyridine rings is 2. The molecule has 8 nitrogen and oxygen atoms in total. The van der Waals surface area contributed by atoms with Crippen molar-refractivity contribution in [2.24, 2.45) is 0 Å². The van der Waals surface area contributed by atoms with Gasteiger partial charge in [0.2, 0.25) is 5.13 Å². The van der Waals surface area contributed by atoms with E-state index in [0.717, 1.165) is 26.9 Å². The molecule has 0 saturated heterocycles. The molecule has 0 radical (unpaired) electrons. The van der Waals surface area contributed by atoms with E-state index in [1.54, 1.807) is 37.0 Å². The van der Waals surface area contributed by atoms with Crippen LogP contribution in [0.2, 0.25) is 0 Å². The van der Waals surface area contributed by atoms with E-state index < -0.39 is 0 Å². The van der Waals surface area contributed by atoms with Crippen LogP contribution in [-0.2, 0) is 4.79 Å². The average molecular weight is 456 g/mol. The van der Waals surface area contributed by atoms with Gasteiger partial charge in [-0.2, -0.15) is 0 Å². The lowest BCUT2D eigenvalue weighted by molar-refractivity contribution is -0.122. The van der Waals surface area contributed by atoms with Crippen LogP contribution in [0.1, 0.15) is 36.6 Å². The minimum absolute atomic E-state index is 0. The van der Waals surface area contributed by atoms with Crippen LogP contribution in [0.3, 0.4) is 0 Å². The topological polar surface area (TPSA) is 87.1 Å². The number of fused-ring (bicyclic) bond motifs is 1. The van der Waals surface area contributed by atoms with Crippen LogP contribution in [0.4, 0.5) is 16.6 Å². The fraction of sp³-hybridized carbons (Fsp3) is 0.286. The van der Waals surface area contributed by atoms with Crippen molar-refractivity contribution in [3.63, 3.8) is 0 Å². The number of nitrogens with zero attached hydrogens (tertiary/aromatic N) is 6. The van der Waals surface area contributed by atoms with Gasteiger partial charge in [-0.05, 0) is 31.0 Å². The summed E-state index contributed by atoms with van der Waals surface area (Å²) in [7, 11) is 1.72. The molecule has 1 amide bonds. The third kappa shape index (κ3) is 4.52.